The van der Waals surface area contributed by atoms with Crippen LogP contribution in [0.2, 0.25) is 0 Å². The number of carbonyl (C=O) groups excluding carboxylic acids is 8. The van der Waals surface area contributed by atoms with Gasteiger partial charge in [-0.1, -0.05) is 0 Å². The van der Waals surface area contributed by atoms with Gasteiger partial charge in [-0.3, -0.25) is 14.5 Å². The monoisotopic (exact) mass is 601 g/mol. The molecular weight excluding hydrogens is 595 g/mol. The van der Waals surface area contributed by atoms with Crippen molar-refractivity contribution in [1.82, 2.24) is 4.90 Å². The predicted molar refractivity (Wildman–Crippen MR) is 69.2 cm³/mol. The van der Waals surface area contributed by atoms with Gasteiger partial charge in [0.05, 0.1) is 35.4 Å². The van der Waals surface area contributed by atoms with Crippen LogP contribution >= 0.6 is 0 Å². The summed E-state index contributed by atoms with van der Waals surface area (Å²) in [7, 11) is 1.22. The number of β-lactam (4-membered cyclic amide) rings is 8. The Morgan fingerprint density at radius 3 is 0.889 bits per heavy atom. The van der Waals surface area contributed by atoms with E-state index in [2.05, 4.69) is 16.0 Å². The summed E-state index contributed by atoms with van der Waals surface area (Å²) in [6.45, 7) is 0. The molecule has 4 fully saturated rings. The summed E-state index contributed by atoms with van der Waals surface area (Å²) in [6.07, 6.45) is 0. The van der Waals surface area contributed by atoms with Crippen molar-refractivity contribution in [3.63, 3.8) is 0 Å². The van der Waals surface area contributed by atoms with Crippen LogP contribution in [0.5, 0.6) is 0 Å². The summed E-state index contributed by atoms with van der Waals surface area (Å²) in [6, 6.07) is 0. The van der Waals surface area contributed by atoms with E-state index in [1.165, 1.54) is 7.05 Å². The minimum absolute atomic E-state index is 0. The average Bonchev–Trinajstić information content (AvgIpc) is 2.47. The van der Waals surface area contributed by atoms with Gasteiger partial charge in [-0.2, -0.15) is 0 Å². The van der Waals surface area contributed by atoms with Crippen LogP contribution in [0.15, 0.2) is 0 Å². The van der Waals surface area contributed by atoms with E-state index in [0.29, 0.717) is 0 Å². The van der Waals surface area contributed by atoms with E-state index in [-0.39, 0.29) is 106 Å². The minimum Gasteiger partial charge on any atom is -0.593 e. The molecule has 0 aromatic carbocycles. The van der Waals surface area contributed by atoms with Crippen molar-refractivity contribution in [2.75, 3.05) is 7.05 Å². The second-order valence-electron chi connectivity index (χ2n) is 4.84. The van der Waals surface area contributed by atoms with E-state index in [4.69, 9.17) is 0 Å². The molecule has 0 bridgehead atoms. The number of nitrogens with zero attached hydrogens (tertiary/aromatic N) is 4. The number of amides is 8. The summed E-state index contributed by atoms with van der Waals surface area (Å²) in [5, 5.41) is 8.52. The number of carbonyl (C=O) groups is 8. The van der Waals surface area contributed by atoms with Crippen LogP contribution in [0.1, 0.15) is 0 Å². The summed E-state index contributed by atoms with van der Waals surface area (Å²) >= 11 is 0. The van der Waals surface area contributed by atoms with Gasteiger partial charge in [0.25, 0.3) is 11.8 Å². The molecule has 0 unspecified atom stereocenters. The van der Waals surface area contributed by atoms with Crippen molar-refractivity contribution in [2.24, 2.45) is 10.8 Å². The van der Waals surface area contributed by atoms with Crippen molar-refractivity contribution < 1.29 is 136 Å². The summed E-state index contributed by atoms with van der Waals surface area (Å²) in [5.74, 6) is -7.31. The molecule has 0 aromatic rings. The van der Waals surface area contributed by atoms with Gasteiger partial charge in [0.2, 0.25) is 5.41 Å². The Kier molecular flexibility index (Phi) is 9.83. The molecule has 0 atom stereocenters. The number of rotatable bonds is 0. The smallest absolute Gasteiger partial charge is 0.256 e. The molecule has 27 heavy (non-hydrogen) atoms. The minimum atomic E-state index is -2.11. The number of hydrogen-bond acceptors (Lipinski definition) is 8. The molecule has 15 heteroatoms. The van der Waals surface area contributed by atoms with Crippen LogP contribution < -0.4 is 0 Å². The van der Waals surface area contributed by atoms with Gasteiger partial charge in [-0.25, -0.2) is 0 Å². The summed E-state index contributed by atoms with van der Waals surface area (Å²) in [5.41, 5.74) is -4.16. The first kappa shape index (κ1) is 29.1. The maximum absolute atomic E-state index is 11.0. The molecule has 0 aliphatic carbocycles. The zero-order chi connectivity index (χ0) is 17.3. The molecule has 8 amide bonds. The zero-order valence-electron chi connectivity index (χ0n) is 13.8. The van der Waals surface area contributed by atoms with Gasteiger partial charge in [0.15, 0.2) is 0 Å². The maximum atomic E-state index is 11.0. The fraction of sp³-hybridized carbons (Fsp3) is 0.250. The molecule has 4 aliphatic rings. The Hall–Kier alpha value is -0.128. The molecule has 0 N–H and O–H groups in total. The third-order valence-corrected chi connectivity index (χ3v) is 3.78. The molecule has 3 radical (unpaired) electrons. The van der Waals surface area contributed by atoms with E-state index in [1.807, 2.05) is 0 Å². The number of hydrogen-bond donors (Lipinski definition) is 0. The van der Waals surface area contributed by atoms with Crippen LogP contribution in [0.3, 0.4) is 0 Å². The normalized spacial score (nSPS) is 21.6. The first-order valence-electron chi connectivity index (χ1n) is 5.87. The fourth-order valence-electron chi connectivity index (χ4n) is 2.26. The van der Waals surface area contributed by atoms with Gasteiger partial charge >= 0.3 is 0 Å². The van der Waals surface area contributed by atoms with E-state index in [9.17, 15) is 38.4 Å². The van der Waals surface area contributed by atoms with E-state index < -0.39 is 58.1 Å². The van der Waals surface area contributed by atoms with Crippen molar-refractivity contribution in [1.29, 1.82) is 0 Å². The molecule has 12 nitrogen and oxygen atoms in total. The third-order valence-electron chi connectivity index (χ3n) is 3.78. The first-order chi connectivity index (χ1) is 10.6. The van der Waals surface area contributed by atoms with Crippen LogP contribution in [-0.4, -0.2) is 59.2 Å². The Morgan fingerprint density at radius 2 is 0.778 bits per heavy atom. The molecule has 4 aliphatic heterocycles. The average molecular weight is 601 g/mol. The zero-order valence-corrected chi connectivity index (χ0v) is 22.3. The quantitative estimate of drug-likeness (QED) is 0.169. The van der Waals surface area contributed by atoms with E-state index in [0.717, 1.165) is 4.90 Å². The van der Waals surface area contributed by atoms with E-state index >= 15 is 0 Å². The SMILES string of the molecule is CN1C(=O)C2(C(=O)[N-]C2=O)C1=O.O=C1[N-]C(=O)C12C(=O)[N-]C2=O.[CH3-].[Y].[Y].[Y]. The van der Waals surface area contributed by atoms with Crippen LogP contribution in [-0.2, 0) is 136 Å². The van der Waals surface area contributed by atoms with Crippen LogP contribution in [0.25, 0.3) is 16.0 Å². The maximum Gasteiger partial charge on any atom is 0.256 e. The Labute approximate surface area is 227 Å². The van der Waals surface area contributed by atoms with Gasteiger partial charge in [-0.15, -0.1) is 0 Å². The number of imide groups is 4. The Morgan fingerprint density at radius 1 is 0.556 bits per heavy atom. The topological polar surface area (TPSA) is 182 Å². The number of likely N-dealkylation sites (tertiary alicyclic amines) is 1. The largest absolute Gasteiger partial charge is 0.593 e. The second-order valence-corrected chi connectivity index (χ2v) is 4.84. The summed E-state index contributed by atoms with van der Waals surface area (Å²) in [4.78, 5) is 86.6. The molecule has 4 heterocycles. The van der Waals surface area contributed by atoms with E-state index in [1.54, 1.807) is 0 Å². The van der Waals surface area contributed by atoms with Crippen molar-refractivity contribution >= 4 is 47.3 Å². The standard InChI is InChI=1S/C6H4N2O4.C5H2N2O4.CH3.3Y/c1-8-4(11)6(5(8)12)2(9)7-3(6)10;8-1-5(2(9)6-1)3(10)7-4(5)11;;;;/h1H3,(H,7,9,10);(H2,6,7,8,9,10,11);1H3;;;/q;;-1;;;/p-3. The predicted octanol–water partition coefficient (Wildman–Crippen LogP) is -2.29. The molecule has 2 spiro atoms. The van der Waals surface area contributed by atoms with Crippen LogP contribution in [0.4, 0.5) is 0 Å². The Bertz CT molecular complexity index is 715. The van der Waals surface area contributed by atoms with Gasteiger partial charge < -0.3 is 52.1 Å². The molecule has 0 saturated carbocycles. The van der Waals surface area contributed by atoms with Crippen LogP contribution in [0, 0.1) is 18.3 Å². The van der Waals surface area contributed by atoms with Gasteiger partial charge in [-0.05, 0) is 0 Å². The molecule has 4 rings (SSSR count). The first-order valence-corrected chi connectivity index (χ1v) is 5.87. The third kappa shape index (κ3) is 3.20. The molecular formula is C12H6N4O8Y3-4. The molecule has 4 saturated heterocycles. The Balaban J connectivity index is 0. The molecule has 0 aromatic heterocycles. The van der Waals surface area contributed by atoms with Gasteiger partial charge in [0, 0.05) is 105 Å². The van der Waals surface area contributed by atoms with Crippen molar-refractivity contribution in [3.8, 4) is 0 Å². The van der Waals surface area contributed by atoms with Crippen molar-refractivity contribution in [3.05, 3.63) is 23.4 Å². The fourth-order valence-corrected chi connectivity index (χ4v) is 2.26. The second kappa shape index (κ2) is 9.13. The van der Waals surface area contributed by atoms with Crippen molar-refractivity contribution in [2.45, 2.75) is 0 Å². The van der Waals surface area contributed by atoms with Gasteiger partial charge in [0.1, 0.15) is 5.41 Å². The molecule has 135 valence electrons. The summed E-state index contributed by atoms with van der Waals surface area (Å²) < 4.78 is 0.